The average Bonchev–Trinajstić information content (AvgIpc) is 2.54. The van der Waals surface area contributed by atoms with Gasteiger partial charge in [-0.2, -0.15) is 0 Å². The van der Waals surface area contributed by atoms with Gasteiger partial charge in [0.15, 0.2) is 11.5 Å². The molecule has 0 aliphatic rings. The smallest absolute Gasteiger partial charge is 0.179 e. The molecule has 2 N–H and O–H groups in total. The van der Waals surface area contributed by atoms with Crippen molar-refractivity contribution < 1.29 is 18.6 Å². The first-order chi connectivity index (χ1) is 11.1. The fourth-order valence-corrected chi connectivity index (χ4v) is 2.35. The van der Waals surface area contributed by atoms with Gasteiger partial charge in [-0.15, -0.1) is 0 Å². The van der Waals surface area contributed by atoms with Gasteiger partial charge in [-0.25, -0.2) is 4.39 Å². The zero-order valence-electron chi connectivity index (χ0n) is 12.9. The molecule has 2 aromatic rings. The van der Waals surface area contributed by atoms with Gasteiger partial charge in [0.05, 0.1) is 12.1 Å². The van der Waals surface area contributed by atoms with Gasteiger partial charge in [0.2, 0.25) is 0 Å². The Labute approximate surface area is 139 Å². The van der Waals surface area contributed by atoms with Gasteiger partial charge in [0.1, 0.15) is 24.8 Å². The molecule has 0 fully saturated rings. The molecular weight excluding hydrogens is 321 g/mol. The molecule has 0 aliphatic carbocycles. The number of benzene rings is 2. The van der Waals surface area contributed by atoms with Gasteiger partial charge in [-0.05, 0) is 54.9 Å². The maximum atomic E-state index is 12.8. The lowest BCUT2D eigenvalue weighted by Crippen LogP contribution is -2.10. The Kier molecular flexibility index (Phi) is 6.50. The third-order valence-corrected chi connectivity index (χ3v) is 3.42. The van der Waals surface area contributed by atoms with Gasteiger partial charge in [-0.1, -0.05) is 11.6 Å². The highest BCUT2D eigenvalue weighted by atomic mass is 35.5. The van der Waals surface area contributed by atoms with Crippen molar-refractivity contribution in [1.29, 1.82) is 0 Å². The lowest BCUT2D eigenvalue weighted by atomic mass is 10.1. The first-order valence-electron chi connectivity index (χ1n) is 7.21. The van der Waals surface area contributed by atoms with Crippen LogP contribution in [0.4, 0.5) is 4.39 Å². The molecule has 2 aromatic carbocycles. The van der Waals surface area contributed by atoms with Gasteiger partial charge in [0.25, 0.3) is 0 Å². The molecule has 23 heavy (non-hydrogen) atoms. The van der Waals surface area contributed by atoms with Crippen LogP contribution in [0.5, 0.6) is 17.2 Å². The molecule has 0 unspecified atom stereocenters. The normalized spacial score (nSPS) is 10.4. The van der Waals surface area contributed by atoms with Crippen molar-refractivity contribution in [3.05, 3.63) is 52.8 Å². The Morgan fingerprint density at radius 2 is 1.78 bits per heavy atom. The molecule has 0 radical (unpaired) electrons. The zero-order valence-corrected chi connectivity index (χ0v) is 13.6. The number of hydrogen-bond donors (Lipinski definition) is 1. The highest BCUT2D eigenvalue weighted by Crippen LogP contribution is 2.36. The lowest BCUT2D eigenvalue weighted by molar-refractivity contribution is 0.211. The van der Waals surface area contributed by atoms with E-state index in [0.29, 0.717) is 41.8 Å². The van der Waals surface area contributed by atoms with Crippen molar-refractivity contribution >= 4 is 11.6 Å². The molecule has 0 bridgehead atoms. The standard InChI is InChI=1S/C17H19ClFNO3/c1-21-16-11-12(6-7-20)10-15(18)17(16)23-9-8-22-14-4-2-13(19)3-5-14/h2-5,10-11H,6-9,20H2,1H3. The Balaban J connectivity index is 1.93. The number of halogens is 2. The first kappa shape index (κ1) is 17.4. The Morgan fingerprint density at radius 1 is 1.09 bits per heavy atom. The maximum absolute atomic E-state index is 12.8. The molecule has 0 saturated carbocycles. The molecule has 0 aromatic heterocycles. The minimum absolute atomic E-state index is 0.281. The van der Waals surface area contributed by atoms with E-state index in [1.807, 2.05) is 12.1 Å². The second-order valence-corrected chi connectivity index (χ2v) is 5.21. The summed E-state index contributed by atoms with van der Waals surface area (Å²) >= 11 is 6.23. The van der Waals surface area contributed by atoms with Crippen LogP contribution >= 0.6 is 11.6 Å². The quantitative estimate of drug-likeness (QED) is 0.748. The molecule has 0 atom stereocenters. The second-order valence-electron chi connectivity index (χ2n) is 4.80. The van der Waals surface area contributed by atoms with Gasteiger partial charge < -0.3 is 19.9 Å². The number of hydrogen-bond acceptors (Lipinski definition) is 4. The monoisotopic (exact) mass is 339 g/mol. The van der Waals surface area contributed by atoms with Crippen LogP contribution in [0.2, 0.25) is 5.02 Å². The van der Waals surface area contributed by atoms with E-state index >= 15 is 0 Å². The molecule has 0 amide bonds. The maximum Gasteiger partial charge on any atom is 0.179 e. The van der Waals surface area contributed by atoms with Gasteiger partial charge >= 0.3 is 0 Å². The molecule has 124 valence electrons. The highest BCUT2D eigenvalue weighted by molar-refractivity contribution is 6.32. The molecule has 4 nitrogen and oxygen atoms in total. The molecule has 6 heteroatoms. The van der Waals surface area contributed by atoms with E-state index in [1.54, 1.807) is 19.2 Å². The largest absolute Gasteiger partial charge is 0.493 e. The van der Waals surface area contributed by atoms with Crippen molar-refractivity contribution in [3.63, 3.8) is 0 Å². The van der Waals surface area contributed by atoms with E-state index in [9.17, 15) is 4.39 Å². The minimum atomic E-state index is -0.303. The minimum Gasteiger partial charge on any atom is -0.493 e. The van der Waals surface area contributed by atoms with E-state index in [2.05, 4.69) is 0 Å². The van der Waals surface area contributed by atoms with Crippen LogP contribution < -0.4 is 19.9 Å². The molecule has 0 saturated heterocycles. The highest BCUT2D eigenvalue weighted by Gasteiger charge is 2.12. The van der Waals surface area contributed by atoms with Crippen LogP contribution in [0.25, 0.3) is 0 Å². The zero-order chi connectivity index (χ0) is 16.7. The fraction of sp³-hybridized carbons (Fsp3) is 0.294. The summed E-state index contributed by atoms with van der Waals surface area (Å²) in [6, 6.07) is 9.47. The summed E-state index contributed by atoms with van der Waals surface area (Å²) < 4.78 is 29.2. The summed E-state index contributed by atoms with van der Waals surface area (Å²) in [6.07, 6.45) is 0.712. The molecule has 0 aliphatic heterocycles. The number of methoxy groups -OCH3 is 1. The number of nitrogens with two attached hydrogens (primary N) is 1. The van der Waals surface area contributed by atoms with Crippen LogP contribution in [0.15, 0.2) is 36.4 Å². The Hall–Kier alpha value is -1.98. The van der Waals surface area contributed by atoms with Crippen molar-refractivity contribution in [2.75, 3.05) is 26.9 Å². The molecule has 2 rings (SSSR count). The van der Waals surface area contributed by atoms with Crippen LogP contribution in [0.1, 0.15) is 5.56 Å². The summed E-state index contributed by atoms with van der Waals surface area (Å²) in [5, 5.41) is 0.467. The SMILES string of the molecule is COc1cc(CCN)cc(Cl)c1OCCOc1ccc(F)cc1. The summed E-state index contributed by atoms with van der Waals surface area (Å²) in [4.78, 5) is 0. The number of ether oxygens (including phenoxy) is 3. The van der Waals surface area contributed by atoms with Crippen LogP contribution in [0.3, 0.4) is 0 Å². The van der Waals surface area contributed by atoms with Crippen LogP contribution in [-0.2, 0) is 6.42 Å². The van der Waals surface area contributed by atoms with Crippen molar-refractivity contribution in [1.82, 2.24) is 0 Å². The summed E-state index contributed by atoms with van der Waals surface area (Å²) in [6.45, 7) is 1.12. The van der Waals surface area contributed by atoms with Crippen molar-refractivity contribution in [3.8, 4) is 17.2 Å². The van der Waals surface area contributed by atoms with E-state index in [4.69, 9.17) is 31.5 Å². The first-order valence-corrected chi connectivity index (χ1v) is 7.59. The van der Waals surface area contributed by atoms with E-state index < -0.39 is 0 Å². The number of rotatable bonds is 8. The van der Waals surface area contributed by atoms with Gasteiger partial charge in [0, 0.05) is 0 Å². The Morgan fingerprint density at radius 3 is 2.43 bits per heavy atom. The molecule has 0 heterocycles. The predicted molar refractivity (Wildman–Crippen MR) is 88.2 cm³/mol. The van der Waals surface area contributed by atoms with Crippen LogP contribution in [0, 0.1) is 5.82 Å². The third-order valence-electron chi connectivity index (χ3n) is 3.13. The average molecular weight is 340 g/mol. The van der Waals surface area contributed by atoms with E-state index in [-0.39, 0.29) is 12.4 Å². The Bertz CT molecular complexity index is 634. The fourth-order valence-electron chi connectivity index (χ4n) is 2.06. The van der Waals surface area contributed by atoms with Gasteiger partial charge in [-0.3, -0.25) is 0 Å². The summed E-state index contributed by atoms with van der Waals surface area (Å²) in [5.74, 6) is 1.30. The summed E-state index contributed by atoms with van der Waals surface area (Å²) in [7, 11) is 1.56. The topological polar surface area (TPSA) is 53.7 Å². The van der Waals surface area contributed by atoms with Crippen LogP contribution in [-0.4, -0.2) is 26.9 Å². The predicted octanol–water partition coefficient (Wildman–Crippen LogP) is 3.45. The molecule has 0 spiro atoms. The summed E-state index contributed by atoms with van der Waals surface area (Å²) in [5.41, 5.74) is 6.54. The van der Waals surface area contributed by atoms with Crippen molar-refractivity contribution in [2.24, 2.45) is 5.73 Å². The molecular formula is C17H19ClFNO3. The van der Waals surface area contributed by atoms with E-state index in [0.717, 1.165) is 5.56 Å². The van der Waals surface area contributed by atoms with E-state index in [1.165, 1.54) is 12.1 Å². The van der Waals surface area contributed by atoms with Crippen molar-refractivity contribution in [2.45, 2.75) is 6.42 Å². The lowest BCUT2D eigenvalue weighted by Gasteiger charge is -2.14. The third kappa shape index (κ3) is 5.01. The second kappa shape index (κ2) is 8.60.